The molecule has 1 saturated heterocycles. The lowest BCUT2D eigenvalue weighted by Gasteiger charge is -2.50. The molecule has 196 valence electrons. The third-order valence-corrected chi connectivity index (χ3v) is 7.22. The highest BCUT2D eigenvalue weighted by Gasteiger charge is 2.47. The van der Waals surface area contributed by atoms with Gasteiger partial charge in [0.25, 0.3) is 11.7 Å². The Balaban J connectivity index is 1.50. The normalized spacial score (nSPS) is 18.3. The number of hydrogen-bond acceptors (Lipinski definition) is 5. The van der Waals surface area contributed by atoms with Gasteiger partial charge in [0.2, 0.25) is 0 Å². The van der Waals surface area contributed by atoms with Gasteiger partial charge in [-0.25, -0.2) is 0 Å². The van der Waals surface area contributed by atoms with Crippen LogP contribution in [0.4, 0.5) is 13.2 Å². The molecule has 1 spiro atoms. The van der Waals surface area contributed by atoms with Crippen molar-refractivity contribution in [2.24, 2.45) is 0 Å². The van der Waals surface area contributed by atoms with E-state index in [9.17, 15) is 27.9 Å². The van der Waals surface area contributed by atoms with Gasteiger partial charge in [0.1, 0.15) is 12.4 Å². The summed E-state index contributed by atoms with van der Waals surface area (Å²) in [7, 11) is 1.94. The second-order valence-corrected chi connectivity index (χ2v) is 10.4. The molecule has 36 heavy (non-hydrogen) atoms. The van der Waals surface area contributed by atoms with Gasteiger partial charge in [0.15, 0.2) is 0 Å². The number of nitrogens with zero attached hydrogens (tertiary/aromatic N) is 3. The zero-order valence-corrected chi connectivity index (χ0v) is 21.0. The number of Topliss-reactive ketones (excluding diaryl/α,β-unsaturated/α-hetero) is 1. The van der Waals surface area contributed by atoms with Crippen molar-refractivity contribution < 1.29 is 32.6 Å². The minimum absolute atomic E-state index is 0.122. The first kappa shape index (κ1) is 26.2. The molecule has 1 aromatic carbocycles. The van der Waals surface area contributed by atoms with Crippen molar-refractivity contribution in [1.82, 2.24) is 14.4 Å². The number of carbonyl (C=O) groups excluding carboxylic acids is 2. The summed E-state index contributed by atoms with van der Waals surface area (Å²) in [5, 5.41) is 9.87. The first-order chi connectivity index (χ1) is 16.7. The quantitative estimate of drug-likeness (QED) is 0.624. The third-order valence-electron chi connectivity index (χ3n) is 7.22. The van der Waals surface area contributed by atoms with E-state index in [2.05, 4.69) is 4.90 Å². The molecule has 1 N–H and O–H groups in total. The molecule has 2 aromatic rings. The highest BCUT2D eigenvalue weighted by Crippen LogP contribution is 2.42. The van der Waals surface area contributed by atoms with Crippen LogP contribution in [-0.2, 0) is 12.1 Å². The summed E-state index contributed by atoms with van der Waals surface area (Å²) < 4.78 is 46.5. The summed E-state index contributed by atoms with van der Waals surface area (Å²) in [4.78, 5) is 29.1. The standard InChI is InChI=1S/C26H32F3N3O4/c1-17-15-18(5-7-20(17)36-16-24(2,3)35)23(34)31-11-9-25(10-12-31)21-8-6-19(22(33)26(27,28)29)32(21)14-13-30(25)4/h5-8,15,35H,9-14,16H2,1-4H3. The number of likely N-dealkylation sites (N-methyl/N-ethyl adjacent to an activating group) is 1. The van der Waals surface area contributed by atoms with Crippen molar-refractivity contribution in [3.63, 3.8) is 0 Å². The van der Waals surface area contributed by atoms with Crippen LogP contribution in [0, 0.1) is 6.92 Å². The number of halogens is 3. The van der Waals surface area contributed by atoms with E-state index < -0.39 is 23.1 Å². The topological polar surface area (TPSA) is 75.0 Å². The number of likely N-dealkylation sites (tertiary alicyclic amines) is 1. The van der Waals surface area contributed by atoms with Crippen LogP contribution in [0.3, 0.4) is 0 Å². The van der Waals surface area contributed by atoms with Crippen LogP contribution in [0.15, 0.2) is 30.3 Å². The van der Waals surface area contributed by atoms with Crippen LogP contribution in [0.5, 0.6) is 5.75 Å². The van der Waals surface area contributed by atoms with Crippen molar-refractivity contribution in [2.45, 2.75) is 57.5 Å². The van der Waals surface area contributed by atoms with Gasteiger partial charge in [-0.3, -0.25) is 14.5 Å². The molecular formula is C26H32F3N3O4. The van der Waals surface area contributed by atoms with E-state index in [4.69, 9.17) is 4.74 Å². The third kappa shape index (κ3) is 4.88. The minimum atomic E-state index is -4.92. The van der Waals surface area contributed by atoms with Gasteiger partial charge < -0.3 is 19.3 Å². The Kier molecular flexibility index (Phi) is 6.72. The molecule has 1 aromatic heterocycles. The number of benzene rings is 1. The van der Waals surface area contributed by atoms with Crippen LogP contribution in [0.1, 0.15) is 58.8 Å². The molecule has 4 rings (SSSR count). The number of aromatic nitrogens is 1. The molecule has 10 heteroatoms. The fourth-order valence-corrected chi connectivity index (χ4v) is 5.22. The number of amides is 1. The summed E-state index contributed by atoms with van der Waals surface area (Å²) >= 11 is 0. The molecule has 2 aliphatic heterocycles. The molecule has 1 amide bonds. The molecule has 3 heterocycles. The van der Waals surface area contributed by atoms with Gasteiger partial charge in [-0.2, -0.15) is 13.2 Å². The number of ketones is 1. The van der Waals surface area contributed by atoms with E-state index in [0.717, 1.165) is 5.56 Å². The van der Waals surface area contributed by atoms with E-state index in [-0.39, 0.29) is 18.2 Å². The van der Waals surface area contributed by atoms with Crippen molar-refractivity contribution in [2.75, 3.05) is 33.3 Å². The molecule has 0 atom stereocenters. The van der Waals surface area contributed by atoms with Crippen molar-refractivity contribution >= 4 is 11.7 Å². The Labute approximate surface area is 208 Å². The number of carbonyl (C=O) groups is 2. The van der Waals surface area contributed by atoms with Crippen LogP contribution in [-0.4, -0.2) is 76.2 Å². The second kappa shape index (κ2) is 9.23. The van der Waals surface area contributed by atoms with Crippen molar-refractivity contribution in [3.05, 3.63) is 52.8 Å². The highest BCUT2D eigenvalue weighted by molar-refractivity contribution is 5.99. The smallest absolute Gasteiger partial charge is 0.456 e. The molecule has 1 fully saturated rings. The lowest BCUT2D eigenvalue weighted by Crippen LogP contribution is -2.56. The fourth-order valence-electron chi connectivity index (χ4n) is 5.22. The number of hydrogen-bond donors (Lipinski definition) is 1. The Morgan fingerprint density at radius 1 is 1.06 bits per heavy atom. The predicted octanol–water partition coefficient (Wildman–Crippen LogP) is 3.77. The van der Waals surface area contributed by atoms with Crippen LogP contribution < -0.4 is 4.74 Å². The first-order valence-corrected chi connectivity index (χ1v) is 12.0. The Hall–Kier alpha value is -2.85. The summed E-state index contributed by atoms with van der Waals surface area (Å²) in [6, 6.07) is 8.09. The zero-order valence-electron chi connectivity index (χ0n) is 21.0. The average molecular weight is 508 g/mol. The molecule has 7 nitrogen and oxygen atoms in total. The van der Waals surface area contributed by atoms with E-state index in [1.165, 1.54) is 10.6 Å². The lowest BCUT2D eigenvalue weighted by atomic mass is 9.81. The van der Waals surface area contributed by atoms with Gasteiger partial charge in [0, 0.05) is 37.4 Å². The van der Waals surface area contributed by atoms with Gasteiger partial charge in [0.05, 0.1) is 16.8 Å². The second-order valence-electron chi connectivity index (χ2n) is 10.4. The Morgan fingerprint density at radius 2 is 1.72 bits per heavy atom. The predicted molar refractivity (Wildman–Crippen MR) is 127 cm³/mol. The van der Waals surface area contributed by atoms with Crippen molar-refractivity contribution in [1.29, 1.82) is 0 Å². The zero-order chi connectivity index (χ0) is 26.5. The first-order valence-electron chi connectivity index (χ1n) is 12.0. The number of ether oxygens (including phenoxy) is 1. The van der Waals surface area contributed by atoms with Crippen LogP contribution in [0.2, 0.25) is 0 Å². The van der Waals surface area contributed by atoms with Gasteiger partial charge in [-0.1, -0.05) is 0 Å². The molecular weight excluding hydrogens is 475 g/mol. The molecule has 2 aliphatic rings. The largest absolute Gasteiger partial charge is 0.490 e. The van der Waals surface area contributed by atoms with Crippen LogP contribution in [0.25, 0.3) is 0 Å². The Morgan fingerprint density at radius 3 is 2.31 bits per heavy atom. The SMILES string of the molecule is Cc1cc(C(=O)N2CCC3(CC2)c2ccc(C(=O)C(F)(F)F)n2CCN3C)ccc1OCC(C)(C)O. The van der Waals surface area contributed by atoms with E-state index in [1.807, 2.05) is 14.0 Å². The maximum atomic E-state index is 13.2. The number of aryl methyl sites for hydroxylation is 1. The summed E-state index contributed by atoms with van der Waals surface area (Å²) in [6.45, 7) is 6.96. The maximum Gasteiger partial charge on any atom is 0.456 e. The average Bonchev–Trinajstić information content (AvgIpc) is 3.24. The molecule has 0 aliphatic carbocycles. The fraction of sp³-hybridized carbons (Fsp3) is 0.538. The molecule has 0 saturated carbocycles. The van der Waals surface area contributed by atoms with Gasteiger partial charge >= 0.3 is 6.18 Å². The minimum Gasteiger partial charge on any atom is -0.490 e. The number of alkyl halides is 3. The highest BCUT2D eigenvalue weighted by atomic mass is 19.4. The summed E-state index contributed by atoms with van der Waals surface area (Å²) in [5.74, 6) is -1.35. The van der Waals surface area contributed by atoms with Gasteiger partial charge in [-0.05, 0) is 76.6 Å². The van der Waals surface area contributed by atoms with Gasteiger partial charge in [-0.15, -0.1) is 0 Å². The Bertz CT molecular complexity index is 1160. The number of fused-ring (bicyclic) bond motifs is 2. The molecule has 0 radical (unpaired) electrons. The summed E-state index contributed by atoms with van der Waals surface area (Å²) in [5.41, 5.74) is 0.162. The monoisotopic (exact) mass is 507 g/mol. The molecule has 0 unspecified atom stereocenters. The number of piperidine rings is 1. The number of aliphatic hydroxyl groups is 1. The lowest BCUT2D eigenvalue weighted by molar-refractivity contribution is -0.0892. The number of rotatable bonds is 5. The van der Waals surface area contributed by atoms with E-state index >= 15 is 0 Å². The van der Waals surface area contributed by atoms with E-state index in [1.54, 1.807) is 43.0 Å². The molecule has 0 bridgehead atoms. The maximum absolute atomic E-state index is 13.2. The van der Waals surface area contributed by atoms with E-state index in [0.29, 0.717) is 56.0 Å². The summed E-state index contributed by atoms with van der Waals surface area (Å²) in [6.07, 6.45) is -3.83. The van der Waals surface area contributed by atoms with Crippen molar-refractivity contribution in [3.8, 4) is 5.75 Å². The van der Waals surface area contributed by atoms with Crippen LogP contribution >= 0.6 is 0 Å².